The molecule has 3 aromatic rings. The summed E-state index contributed by atoms with van der Waals surface area (Å²) in [4.78, 5) is 24.1. The van der Waals surface area contributed by atoms with Gasteiger partial charge in [0.2, 0.25) is 0 Å². The first-order valence-electron chi connectivity index (χ1n) is 10.7. The fraction of sp³-hybridized carbons (Fsp3) is 0.160. The van der Waals surface area contributed by atoms with E-state index in [1.165, 1.54) is 0 Å². The maximum Gasteiger partial charge on any atom is 0.341 e. The SMILES string of the molecule is CCOc1cccc(CNc2ccc(Br)cc2C(=O)Nc2ccc(C(=N)N)cc2)c1OCC(=O)O. The van der Waals surface area contributed by atoms with Gasteiger partial charge in [0.15, 0.2) is 18.1 Å². The Kier molecular flexibility index (Phi) is 8.69. The van der Waals surface area contributed by atoms with Gasteiger partial charge in [-0.05, 0) is 55.5 Å². The van der Waals surface area contributed by atoms with Gasteiger partial charge in [-0.15, -0.1) is 0 Å². The normalized spacial score (nSPS) is 10.3. The van der Waals surface area contributed by atoms with Crippen molar-refractivity contribution < 1.29 is 24.2 Å². The highest BCUT2D eigenvalue weighted by Gasteiger charge is 2.16. The minimum atomic E-state index is -1.10. The van der Waals surface area contributed by atoms with E-state index in [1.54, 1.807) is 60.7 Å². The second kappa shape index (κ2) is 11.9. The summed E-state index contributed by atoms with van der Waals surface area (Å²) >= 11 is 3.41. The Morgan fingerprint density at radius 3 is 2.49 bits per heavy atom. The number of nitrogens with one attached hydrogen (secondary N) is 3. The Hall–Kier alpha value is -4.05. The Morgan fingerprint density at radius 2 is 1.83 bits per heavy atom. The Labute approximate surface area is 210 Å². The predicted molar refractivity (Wildman–Crippen MR) is 138 cm³/mol. The second-order valence-electron chi connectivity index (χ2n) is 7.35. The number of benzene rings is 3. The van der Waals surface area contributed by atoms with Crippen molar-refractivity contribution in [3.8, 4) is 11.5 Å². The number of hydrogen-bond acceptors (Lipinski definition) is 6. The number of rotatable bonds is 11. The van der Waals surface area contributed by atoms with Crippen LogP contribution in [0.25, 0.3) is 0 Å². The van der Waals surface area contributed by atoms with E-state index in [9.17, 15) is 9.59 Å². The third-order valence-electron chi connectivity index (χ3n) is 4.85. The van der Waals surface area contributed by atoms with E-state index in [2.05, 4.69) is 26.6 Å². The van der Waals surface area contributed by atoms with Gasteiger partial charge in [-0.3, -0.25) is 10.2 Å². The molecule has 0 saturated heterocycles. The molecule has 10 heteroatoms. The fourth-order valence-corrected chi connectivity index (χ4v) is 3.61. The van der Waals surface area contributed by atoms with Crippen LogP contribution in [0.4, 0.5) is 11.4 Å². The number of carboxylic acids is 1. The molecule has 0 fully saturated rings. The predicted octanol–water partition coefficient (Wildman–Crippen LogP) is 4.46. The molecular formula is C25H25BrN4O5. The van der Waals surface area contributed by atoms with Crippen LogP contribution in [0.15, 0.2) is 65.1 Å². The number of carboxylic acid groups (broad SMARTS) is 1. The number of amides is 1. The van der Waals surface area contributed by atoms with Crippen molar-refractivity contribution in [2.24, 2.45) is 5.73 Å². The van der Waals surface area contributed by atoms with E-state index in [4.69, 9.17) is 25.7 Å². The molecule has 0 saturated carbocycles. The van der Waals surface area contributed by atoms with Crippen molar-refractivity contribution in [2.45, 2.75) is 13.5 Å². The molecule has 0 aliphatic carbocycles. The monoisotopic (exact) mass is 540 g/mol. The molecule has 0 atom stereocenters. The Morgan fingerprint density at radius 1 is 1.09 bits per heavy atom. The molecule has 0 heterocycles. The number of amidine groups is 1. The molecule has 0 aliphatic heterocycles. The van der Waals surface area contributed by atoms with Gasteiger partial charge in [-0.25, -0.2) is 4.79 Å². The lowest BCUT2D eigenvalue weighted by atomic mass is 10.1. The van der Waals surface area contributed by atoms with Crippen molar-refractivity contribution in [2.75, 3.05) is 23.8 Å². The molecule has 6 N–H and O–H groups in total. The molecule has 3 rings (SSSR count). The summed E-state index contributed by atoms with van der Waals surface area (Å²) in [7, 11) is 0. The second-order valence-corrected chi connectivity index (χ2v) is 8.26. The first-order valence-corrected chi connectivity index (χ1v) is 11.5. The van der Waals surface area contributed by atoms with Crippen LogP contribution in [0, 0.1) is 5.41 Å². The lowest BCUT2D eigenvalue weighted by molar-refractivity contribution is -0.139. The van der Waals surface area contributed by atoms with Crippen LogP contribution in [0.2, 0.25) is 0 Å². The average molecular weight is 541 g/mol. The lowest BCUT2D eigenvalue weighted by Crippen LogP contribution is -2.16. The van der Waals surface area contributed by atoms with Crippen molar-refractivity contribution in [1.29, 1.82) is 5.41 Å². The Balaban J connectivity index is 1.82. The molecule has 3 aromatic carbocycles. The number of anilines is 2. The summed E-state index contributed by atoms with van der Waals surface area (Å²) in [5.74, 6) is -0.719. The highest BCUT2D eigenvalue weighted by Crippen LogP contribution is 2.32. The van der Waals surface area contributed by atoms with Gasteiger partial charge in [-0.1, -0.05) is 28.1 Å². The highest BCUT2D eigenvalue weighted by molar-refractivity contribution is 9.10. The smallest absolute Gasteiger partial charge is 0.341 e. The van der Waals surface area contributed by atoms with E-state index >= 15 is 0 Å². The van der Waals surface area contributed by atoms with Gasteiger partial charge in [0.25, 0.3) is 5.91 Å². The molecule has 0 unspecified atom stereocenters. The van der Waals surface area contributed by atoms with Crippen molar-refractivity contribution in [1.82, 2.24) is 0 Å². The van der Waals surface area contributed by atoms with Gasteiger partial charge >= 0.3 is 5.97 Å². The van der Waals surface area contributed by atoms with E-state index < -0.39 is 12.6 Å². The summed E-state index contributed by atoms with van der Waals surface area (Å²) in [6.45, 7) is 1.97. The average Bonchev–Trinajstić information content (AvgIpc) is 2.83. The summed E-state index contributed by atoms with van der Waals surface area (Å²) in [5.41, 5.74) is 8.23. The number of para-hydroxylation sites is 1. The lowest BCUT2D eigenvalue weighted by Gasteiger charge is -2.17. The highest BCUT2D eigenvalue weighted by atomic mass is 79.9. The van der Waals surface area contributed by atoms with Gasteiger partial charge < -0.3 is 30.9 Å². The van der Waals surface area contributed by atoms with Crippen LogP contribution in [0.3, 0.4) is 0 Å². The minimum absolute atomic E-state index is 0.0542. The topological polar surface area (TPSA) is 147 Å². The van der Waals surface area contributed by atoms with Gasteiger partial charge in [0.05, 0.1) is 12.2 Å². The maximum atomic E-state index is 13.1. The van der Waals surface area contributed by atoms with Crippen molar-refractivity contribution in [3.63, 3.8) is 0 Å². The Bertz CT molecular complexity index is 1230. The molecular weight excluding hydrogens is 516 g/mol. The number of aliphatic carboxylic acids is 1. The molecule has 0 radical (unpaired) electrons. The number of hydrogen-bond donors (Lipinski definition) is 5. The van der Waals surface area contributed by atoms with Gasteiger partial charge in [0, 0.05) is 33.5 Å². The van der Waals surface area contributed by atoms with Crippen LogP contribution in [0.1, 0.15) is 28.4 Å². The zero-order valence-corrected chi connectivity index (χ0v) is 20.5. The van der Waals surface area contributed by atoms with Crippen LogP contribution >= 0.6 is 15.9 Å². The quantitative estimate of drug-likeness (QED) is 0.178. The van der Waals surface area contributed by atoms with Crippen LogP contribution in [0.5, 0.6) is 11.5 Å². The van der Waals surface area contributed by atoms with Crippen LogP contribution in [-0.2, 0) is 11.3 Å². The summed E-state index contributed by atoms with van der Waals surface area (Å²) < 4.78 is 11.8. The molecule has 0 bridgehead atoms. The number of ether oxygens (including phenoxy) is 2. The molecule has 182 valence electrons. The molecule has 0 aromatic heterocycles. The summed E-state index contributed by atoms with van der Waals surface area (Å²) in [6, 6.07) is 17.2. The minimum Gasteiger partial charge on any atom is -0.490 e. The fourth-order valence-electron chi connectivity index (χ4n) is 3.25. The van der Waals surface area contributed by atoms with E-state index in [1.807, 2.05) is 6.92 Å². The third-order valence-corrected chi connectivity index (χ3v) is 5.34. The third kappa shape index (κ3) is 6.97. The number of nitrogens with two attached hydrogens (primary N) is 1. The summed E-state index contributed by atoms with van der Waals surface area (Å²) in [6.07, 6.45) is 0. The molecule has 35 heavy (non-hydrogen) atoms. The number of carbonyl (C=O) groups excluding carboxylic acids is 1. The van der Waals surface area contributed by atoms with Crippen molar-refractivity contribution in [3.05, 3.63) is 81.8 Å². The van der Waals surface area contributed by atoms with E-state index in [0.717, 1.165) is 4.47 Å². The molecule has 0 aliphatic rings. The first kappa shape index (κ1) is 25.6. The van der Waals surface area contributed by atoms with Crippen LogP contribution in [-0.4, -0.2) is 36.0 Å². The first-order chi connectivity index (χ1) is 16.8. The molecule has 9 nitrogen and oxygen atoms in total. The van der Waals surface area contributed by atoms with E-state index in [-0.39, 0.29) is 18.3 Å². The van der Waals surface area contributed by atoms with E-state index in [0.29, 0.717) is 46.2 Å². The van der Waals surface area contributed by atoms with Gasteiger partial charge in [-0.2, -0.15) is 0 Å². The standard InChI is InChI=1S/C25H25BrN4O5/c1-2-34-21-5-3-4-16(23(21)35-14-22(31)32)13-29-20-11-8-17(26)12-19(20)25(33)30-18-9-6-15(7-10-18)24(27)28/h3-12,29H,2,13-14H2,1H3,(H3,27,28)(H,30,33)(H,31,32). The molecule has 0 spiro atoms. The number of nitrogen functional groups attached to an aromatic ring is 1. The maximum absolute atomic E-state index is 13.1. The zero-order chi connectivity index (χ0) is 25.4. The number of carbonyl (C=O) groups is 2. The van der Waals surface area contributed by atoms with Gasteiger partial charge in [0.1, 0.15) is 5.84 Å². The summed E-state index contributed by atoms with van der Waals surface area (Å²) in [5, 5.41) is 22.6. The van der Waals surface area contributed by atoms with Crippen LogP contribution < -0.4 is 25.8 Å². The number of halogens is 1. The molecule has 1 amide bonds. The zero-order valence-electron chi connectivity index (χ0n) is 18.9. The van der Waals surface area contributed by atoms with Crippen molar-refractivity contribution >= 4 is 45.0 Å². The largest absolute Gasteiger partial charge is 0.490 e.